The van der Waals surface area contributed by atoms with Crippen molar-refractivity contribution in [1.29, 1.82) is 0 Å². The van der Waals surface area contributed by atoms with Crippen molar-refractivity contribution in [3.63, 3.8) is 0 Å². The molecule has 0 amide bonds. The van der Waals surface area contributed by atoms with Crippen LogP contribution in [0.25, 0.3) is 21.5 Å². The summed E-state index contributed by atoms with van der Waals surface area (Å²) in [6.45, 7) is 23.5. The van der Waals surface area contributed by atoms with Crippen molar-refractivity contribution in [1.82, 2.24) is 0 Å². The Kier molecular flexibility index (Phi) is 13.6. The predicted molar refractivity (Wildman–Crippen MR) is 150 cm³/mol. The second-order valence-electron chi connectivity index (χ2n) is 11.2. The molecule has 0 heterocycles. The molecule has 4 rings (SSSR count). The molecule has 34 heavy (non-hydrogen) atoms. The van der Waals surface area contributed by atoms with Crippen LogP contribution in [0.4, 0.5) is 0 Å². The standard InChI is InChI=1S/C21H29Si2.C5H5.C3H6.2ClH.Zr/c1-14-9-16-11-17-10-15(2)21(23(6,7)8)13-19(17)18(16)12-20(14)22(3,4)5;1-2-4-5-3-1;1-3-2;;;/h9-13H,1-8H3;1-3H,4H2;1-2H3;2*1H;/q2*-1;;;;+2/p-2. The molecule has 1 aliphatic carbocycles. The van der Waals surface area contributed by atoms with Crippen LogP contribution >= 0.6 is 0 Å². The average Bonchev–Trinajstić information content (AvgIpc) is 3.28. The summed E-state index contributed by atoms with van der Waals surface area (Å²) in [6, 6.07) is 12.2. The Morgan fingerprint density at radius 2 is 1.18 bits per heavy atom. The Labute approximate surface area is 237 Å². The van der Waals surface area contributed by atoms with Gasteiger partial charge in [0.2, 0.25) is 0 Å². The zero-order chi connectivity index (χ0) is 24.3. The molecule has 0 spiro atoms. The second kappa shape index (κ2) is 13.8. The van der Waals surface area contributed by atoms with Crippen molar-refractivity contribution in [2.75, 3.05) is 0 Å². The number of fused-ring (bicyclic) bond motifs is 3. The second-order valence-corrected chi connectivity index (χ2v) is 23.7. The fraction of sp³-hybridized carbons (Fsp3) is 0.379. The molecule has 0 saturated heterocycles. The number of hydrogen-bond acceptors (Lipinski definition) is 0. The number of rotatable bonds is 2. The number of halogens is 2. The molecular weight excluding hydrogens is 567 g/mol. The zero-order valence-electron chi connectivity index (χ0n) is 22.6. The first-order valence-corrected chi connectivity index (χ1v) is 19.8. The van der Waals surface area contributed by atoms with E-state index in [0.29, 0.717) is 0 Å². The van der Waals surface area contributed by atoms with Gasteiger partial charge >= 0.3 is 41.3 Å². The third-order valence-electron chi connectivity index (χ3n) is 5.60. The van der Waals surface area contributed by atoms with Crippen LogP contribution in [-0.2, 0) is 24.2 Å². The van der Waals surface area contributed by atoms with E-state index in [1.54, 1.807) is 34.6 Å². The van der Waals surface area contributed by atoms with Crippen molar-refractivity contribution in [3.8, 4) is 0 Å². The van der Waals surface area contributed by atoms with E-state index in [0.717, 1.165) is 6.42 Å². The Balaban J connectivity index is 0.000000840. The van der Waals surface area contributed by atoms with Gasteiger partial charge in [-0.3, -0.25) is 6.08 Å². The van der Waals surface area contributed by atoms with Gasteiger partial charge in [-0.05, 0) is 13.8 Å². The van der Waals surface area contributed by atoms with Gasteiger partial charge < -0.3 is 24.8 Å². The van der Waals surface area contributed by atoms with Crippen molar-refractivity contribution >= 4 is 51.3 Å². The first-order chi connectivity index (χ1) is 14.7. The molecule has 3 aromatic carbocycles. The fourth-order valence-electron chi connectivity index (χ4n) is 4.29. The summed E-state index contributed by atoms with van der Waals surface area (Å²) < 4.78 is 1.51. The van der Waals surface area contributed by atoms with Gasteiger partial charge in [0.25, 0.3) is 0 Å². The molecule has 0 radical (unpaired) electrons. The van der Waals surface area contributed by atoms with E-state index in [4.69, 9.17) is 0 Å². The molecular formula is C29H40Cl2Si2Zr-2. The quantitative estimate of drug-likeness (QED) is 0.307. The minimum absolute atomic E-state index is 0. The Hall–Kier alpha value is -0.443. The molecule has 0 fully saturated rings. The number of hydrogen-bond donors (Lipinski definition) is 0. The third kappa shape index (κ3) is 9.21. The summed E-state index contributed by atoms with van der Waals surface area (Å²) in [5.74, 6) is 0. The Bertz CT molecular complexity index is 1080. The normalized spacial score (nSPS) is 12.4. The van der Waals surface area contributed by atoms with E-state index in [1.807, 2.05) is 12.2 Å². The summed E-state index contributed by atoms with van der Waals surface area (Å²) >= 11 is 1.55. The van der Waals surface area contributed by atoms with Crippen LogP contribution in [0, 0.1) is 19.9 Å². The molecule has 0 bridgehead atoms. The smallest absolute Gasteiger partial charge is 0.0762 e. The maximum absolute atomic E-state index is 2.99. The molecule has 1 aliphatic rings. The Morgan fingerprint density at radius 3 is 1.41 bits per heavy atom. The van der Waals surface area contributed by atoms with E-state index >= 15 is 0 Å². The van der Waals surface area contributed by atoms with Gasteiger partial charge in [0, 0.05) is 0 Å². The van der Waals surface area contributed by atoms with E-state index in [9.17, 15) is 0 Å². The van der Waals surface area contributed by atoms with E-state index < -0.39 is 16.1 Å². The molecule has 5 heteroatoms. The first-order valence-electron chi connectivity index (χ1n) is 11.6. The van der Waals surface area contributed by atoms with Crippen LogP contribution in [0.3, 0.4) is 0 Å². The van der Waals surface area contributed by atoms with Crippen LogP contribution in [0.2, 0.25) is 39.3 Å². The van der Waals surface area contributed by atoms with Crippen molar-refractivity contribution in [2.45, 2.75) is 73.4 Å². The number of aryl methyl sites for hydroxylation is 2. The molecule has 3 aromatic rings. The van der Waals surface area contributed by atoms with Crippen LogP contribution in [0.1, 0.15) is 31.4 Å². The summed E-state index contributed by atoms with van der Waals surface area (Å²) in [7, 11) is -2.62. The van der Waals surface area contributed by atoms with Crippen molar-refractivity contribution in [2.24, 2.45) is 0 Å². The van der Waals surface area contributed by atoms with Gasteiger partial charge in [-0.25, -0.2) is 12.2 Å². The van der Waals surface area contributed by atoms with Crippen LogP contribution in [0.15, 0.2) is 48.6 Å². The molecule has 0 unspecified atom stereocenters. The van der Waals surface area contributed by atoms with Crippen molar-refractivity contribution < 1.29 is 49.0 Å². The van der Waals surface area contributed by atoms with Gasteiger partial charge in [0.1, 0.15) is 0 Å². The van der Waals surface area contributed by atoms with E-state index in [2.05, 4.69) is 109 Å². The van der Waals surface area contributed by atoms with Gasteiger partial charge in [-0.15, -0.1) is 46.2 Å². The monoisotopic (exact) mass is 604 g/mol. The maximum atomic E-state index is 2.99. The van der Waals surface area contributed by atoms with E-state index in [1.165, 1.54) is 35.9 Å². The fourth-order valence-corrected chi connectivity index (χ4v) is 7.95. The average molecular weight is 607 g/mol. The van der Waals surface area contributed by atoms with Gasteiger partial charge in [-0.1, -0.05) is 72.9 Å². The summed E-state index contributed by atoms with van der Waals surface area (Å²) in [5, 5.41) is 8.95. The molecule has 0 aromatic heterocycles. The maximum Gasteiger partial charge on any atom is 0.0762 e. The largest absolute Gasteiger partial charge is 1.00 e. The van der Waals surface area contributed by atoms with Crippen LogP contribution in [0.5, 0.6) is 0 Å². The van der Waals surface area contributed by atoms with Crippen LogP contribution < -0.4 is 35.2 Å². The predicted octanol–water partition coefficient (Wildman–Crippen LogP) is 1.48. The SMILES string of the molecule is C[C](C)=[Zr+2].Cc1cc2[cH-]c3cc(C)c([Si](C)(C)C)cc3c2cc1[Si](C)(C)C.[C-]1=CC=CC1.[Cl-].[Cl-]. The molecule has 0 aliphatic heterocycles. The van der Waals surface area contributed by atoms with Gasteiger partial charge in [-0.2, -0.15) is 6.08 Å². The zero-order valence-corrected chi connectivity index (χ0v) is 28.6. The number of benzene rings is 2. The van der Waals surface area contributed by atoms with Gasteiger partial charge in [0.05, 0.1) is 16.1 Å². The van der Waals surface area contributed by atoms with E-state index in [-0.39, 0.29) is 24.8 Å². The third-order valence-corrected chi connectivity index (χ3v) is 9.91. The van der Waals surface area contributed by atoms with Crippen LogP contribution in [-0.4, -0.2) is 19.4 Å². The minimum atomic E-state index is -1.31. The molecule has 0 nitrogen and oxygen atoms in total. The molecule has 0 saturated carbocycles. The van der Waals surface area contributed by atoms with Crippen molar-refractivity contribution in [3.05, 3.63) is 65.8 Å². The molecule has 184 valence electrons. The first kappa shape index (κ1) is 33.6. The topological polar surface area (TPSA) is 0 Å². The van der Waals surface area contributed by atoms with Gasteiger partial charge in [0.15, 0.2) is 0 Å². The number of allylic oxidation sites excluding steroid dienone is 4. The molecule has 0 atom stereocenters. The molecule has 0 N–H and O–H groups in total. The summed E-state index contributed by atoms with van der Waals surface area (Å²) in [6.07, 6.45) is 10.0. The minimum Gasteiger partial charge on any atom is -1.00 e. The Morgan fingerprint density at radius 1 is 0.794 bits per heavy atom. The summed E-state index contributed by atoms with van der Waals surface area (Å²) in [5.41, 5.74) is 2.93. The summed E-state index contributed by atoms with van der Waals surface area (Å²) in [4.78, 5) is 0.